The lowest BCUT2D eigenvalue weighted by Crippen LogP contribution is -2.24. The van der Waals surface area contributed by atoms with Crippen LogP contribution in [-0.4, -0.2) is 34.8 Å². The summed E-state index contributed by atoms with van der Waals surface area (Å²) in [6, 6.07) is 7.07. The first-order chi connectivity index (χ1) is 10.7. The summed E-state index contributed by atoms with van der Waals surface area (Å²) in [4.78, 5) is 25.8. The van der Waals surface area contributed by atoms with Crippen molar-refractivity contribution in [2.75, 3.05) is 23.0 Å². The van der Waals surface area contributed by atoms with E-state index in [-0.39, 0.29) is 11.8 Å². The number of carbonyl (C=O) groups is 2. The molecule has 1 aromatic heterocycles. The maximum Gasteiger partial charge on any atom is 0.257 e. The molecule has 22 heavy (non-hydrogen) atoms. The molecule has 8 heteroatoms. The fourth-order valence-electron chi connectivity index (χ4n) is 2.25. The molecule has 1 N–H and O–H groups in total. The van der Waals surface area contributed by atoms with Gasteiger partial charge in [0.1, 0.15) is 0 Å². The summed E-state index contributed by atoms with van der Waals surface area (Å²) >= 11 is 2.81. The zero-order valence-corrected chi connectivity index (χ0v) is 13.5. The number of carbonyl (C=O) groups excluding carboxylic acids is 2. The van der Waals surface area contributed by atoms with Crippen molar-refractivity contribution in [3.8, 4) is 0 Å². The summed E-state index contributed by atoms with van der Waals surface area (Å²) < 4.78 is 0.798. The molecule has 2 aromatic rings. The van der Waals surface area contributed by atoms with Crippen LogP contribution in [0.25, 0.3) is 0 Å². The van der Waals surface area contributed by atoms with Crippen molar-refractivity contribution >= 4 is 45.7 Å². The maximum atomic E-state index is 12.3. The van der Waals surface area contributed by atoms with Gasteiger partial charge in [0.05, 0.1) is 0 Å². The summed E-state index contributed by atoms with van der Waals surface area (Å²) in [5.74, 6) is -0.149. The highest BCUT2D eigenvalue weighted by Crippen LogP contribution is 2.25. The largest absolute Gasteiger partial charge is 0.312 e. The van der Waals surface area contributed by atoms with Crippen molar-refractivity contribution in [2.24, 2.45) is 0 Å². The highest BCUT2D eigenvalue weighted by Gasteiger charge is 2.22. The second-order valence-electron chi connectivity index (χ2n) is 4.73. The van der Waals surface area contributed by atoms with Crippen molar-refractivity contribution in [3.63, 3.8) is 0 Å². The fraction of sp³-hybridized carbons (Fsp3) is 0.286. The van der Waals surface area contributed by atoms with Crippen molar-refractivity contribution < 1.29 is 9.59 Å². The van der Waals surface area contributed by atoms with E-state index in [1.54, 1.807) is 23.1 Å². The zero-order valence-electron chi connectivity index (χ0n) is 11.9. The summed E-state index contributed by atoms with van der Waals surface area (Å²) in [5, 5.41) is 11.1. The first kappa shape index (κ1) is 15.0. The lowest BCUT2D eigenvalue weighted by Gasteiger charge is -2.16. The second kappa shape index (κ2) is 6.45. The minimum atomic E-state index is -0.253. The van der Waals surface area contributed by atoms with E-state index in [2.05, 4.69) is 15.5 Å². The van der Waals surface area contributed by atoms with E-state index < -0.39 is 0 Å². The molecule has 0 spiro atoms. The van der Waals surface area contributed by atoms with Crippen molar-refractivity contribution in [3.05, 3.63) is 29.8 Å². The topological polar surface area (TPSA) is 75.2 Å². The van der Waals surface area contributed by atoms with Gasteiger partial charge in [0.2, 0.25) is 11.0 Å². The third kappa shape index (κ3) is 3.12. The van der Waals surface area contributed by atoms with Crippen molar-refractivity contribution in [1.29, 1.82) is 0 Å². The normalized spacial score (nSPS) is 14.4. The van der Waals surface area contributed by atoms with Gasteiger partial charge in [-0.1, -0.05) is 29.2 Å². The van der Waals surface area contributed by atoms with Gasteiger partial charge in [0, 0.05) is 24.2 Å². The van der Waals surface area contributed by atoms with Crippen LogP contribution in [0.3, 0.4) is 0 Å². The molecule has 1 aliphatic rings. The number of thioether (sulfide) groups is 1. The number of aromatic nitrogens is 2. The van der Waals surface area contributed by atoms with Gasteiger partial charge in [0.15, 0.2) is 4.34 Å². The summed E-state index contributed by atoms with van der Waals surface area (Å²) in [6.45, 7) is 0.706. The average molecular weight is 334 g/mol. The predicted molar refractivity (Wildman–Crippen MR) is 87.7 cm³/mol. The SMILES string of the molecule is CSc1nnc(NC(=O)c2cccc(N3CCCC3=O)c2)s1. The van der Waals surface area contributed by atoms with Crippen LogP contribution in [0.2, 0.25) is 0 Å². The third-order valence-electron chi connectivity index (χ3n) is 3.29. The minimum Gasteiger partial charge on any atom is -0.312 e. The van der Waals surface area contributed by atoms with Crippen LogP contribution in [0.4, 0.5) is 10.8 Å². The molecule has 1 aromatic carbocycles. The molecule has 0 unspecified atom stereocenters. The van der Waals surface area contributed by atoms with Gasteiger partial charge in [-0.15, -0.1) is 10.2 Å². The first-order valence-electron chi connectivity index (χ1n) is 6.76. The van der Waals surface area contributed by atoms with Crippen LogP contribution in [0.5, 0.6) is 0 Å². The molecular weight excluding hydrogens is 320 g/mol. The van der Waals surface area contributed by atoms with Gasteiger partial charge in [0.25, 0.3) is 5.91 Å². The van der Waals surface area contributed by atoms with Crippen LogP contribution in [0, 0.1) is 0 Å². The van der Waals surface area contributed by atoms with E-state index in [1.165, 1.54) is 23.1 Å². The average Bonchev–Trinajstić information content (AvgIpc) is 3.16. The Morgan fingerprint density at radius 3 is 2.95 bits per heavy atom. The van der Waals surface area contributed by atoms with Crippen LogP contribution in [-0.2, 0) is 4.79 Å². The Kier molecular flexibility index (Phi) is 4.39. The number of nitrogens with zero attached hydrogens (tertiary/aromatic N) is 3. The molecule has 1 aliphatic heterocycles. The van der Waals surface area contributed by atoms with Crippen LogP contribution < -0.4 is 10.2 Å². The van der Waals surface area contributed by atoms with Crippen molar-refractivity contribution in [1.82, 2.24) is 10.2 Å². The van der Waals surface area contributed by atoms with Crippen LogP contribution in [0.1, 0.15) is 23.2 Å². The molecule has 2 heterocycles. The van der Waals surface area contributed by atoms with Crippen LogP contribution >= 0.6 is 23.1 Å². The molecule has 0 bridgehead atoms. The highest BCUT2D eigenvalue weighted by molar-refractivity contribution is 8.00. The standard InChI is InChI=1S/C14H14N4O2S2/c1-21-14-17-16-13(22-14)15-12(20)9-4-2-5-10(8-9)18-7-3-6-11(18)19/h2,4-5,8H,3,6-7H2,1H3,(H,15,16,20). The molecule has 0 saturated carbocycles. The zero-order chi connectivity index (χ0) is 15.5. The Labute approximate surface area is 135 Å². The lowest BCUT2D eigenvalue weighted by molar-refractivity contribution is -0.117. The maximum absolute atomic E-state index is 12.3. The van der Waals surface area contributed by atoms with Gasteiger partial charge >= 0.3 is 0 Å². The predicted octanol–water partition coefficient (Wildman–Crippen LogP) is 2.64. The number of benzene rings is 1. The lowest BCUT2D eigenvalue weighted by atomic mass is 10.2. The highest BCUT2D eigenvalue weighted by atomic mass is 32.2. The summed E-state index contributed by atoms with van der Waals surface area (Å²) in [5.41, 5.74) is 1.26. The molecule has 3 rings (SSSR count). The Morgan fingerprint density at radius 1 is 1.41 bits per heavy atom. The molecule has 6 nitrogen and oxygen atoms in total. The van der Waals surface area contributed by atoms with E-state index in [1.807, 2.05) is 12.3 Å². The van der Waals surface area contributed by atoms with Gasteiger partial charge in [-0.05, 0) is 30.9 Å². The van der Waals surface area contributed by atoms with E-state index in [0.717, 1.165) is 16.4 Å². The number of amides is 2. The molecule has 114 valence electrons. The Balaban J connectivity index is 1.76. The van der Waals surface area contributed by atoms with Gasteiger partial charge in [-0.2, -0.15) is 0 Å². The molecule has 1 fully saturated rings. The molecule has 0 atom stereocenters. The minimum absolute atomic E-state index is 0.103. The van der Waals surface area contributed by atoms with E-state index >= 15 is 0 Å². The molecular formula is C14H14N4O2S2. The number of anilines is 2. The molecule has 2 amide bonds. The van der Waals surface area contributed by atoms with E-state index in [0.29, 0.717) is 23.7 Å². The fourth-order valence-corrected chi connectivity index (χ4v) is 3.41. The molecule has 0 aliphatic carbocycles. The number of hydrogen-bond donors (Lipinski definition) is 1. The summed E-state index contributed by atoms with van der Waals surface area (Å²) in [6.07, 6.45) is 3.33. The smallest absolute Gasteiger partial charge is 0.257 e. The van der Waals surface area contributed by atoms with Gasteiger partial charge in [-0.25, -0.2) is 0 Å². The molecule has 0 radical (unpaired) electrons. The number of nitrogens with one attached hydrogen (secondary N) is 1. The Morgan fingerprint density at radius 2 is 2.27 bits per heavy atom. The number of rotatable bonds is 4. The van der Waals surface area contributed by atoms with E-state index in [4.69, 9.17) is 0 Å². The molecule has 1 saturated heterocycles. The van der Waals surface area contributed by atoms with Crippen molar-refractivity contribution in [2.45, 2.75) is 17.2 Å². The Bertz CT molecular complexity index is 716. The monoisotopic (exact) mass is 334 g/mol. The van der Waals surface area contributed by atoms with Crippen LogP contribution in [0.15, 0.2) is 28.6 Å². The summed E-state index contributed by atoms with van der Waals surface area (Å²) in [7, 11) is 0. The third-order valence-corrected chi connectivity index (χ3v) is 5.11. The first-order valence-corrected chi connectivity index (χ1v) is 8.81. The van der Waals surface area contributed by atoms with Gasteiger partial charge in [-0.3, -0.25) is 14.9 Å². The Hall–Kier alpha value is -1.93. The van der Waals surface area contributed by atoms with E-state index in [9.17, 15) is 9.59 Å². The number of hydrogen-bond acceptors (Lipinski definition) is 6. The quantitative estimate of drug-likeness (QED) is 0.687. The van der Waals surface area contributed by atoms with Gasteiger partial charge < -0.3 is 4.90 Å². The second-order valence-corrected chi connectivity index (χ2v) is 6.76.